The third-order valence-electron chi connectivity index (χ3n) is 4.71. The fraction of sp³-hybridized carbons (Fsp3) is 0.625. The molecule has 18 heavy (non-hydrogen) atoms. The van der Waals surface area contributed by atoms with Crippen LogP contribution in [0.3, 0.4) is 0 Å². The van der Waals surface area contributed by atoms with Crippen molar-refractivity contribution in [1.29, 1.82) is 0 Å². The minimum absolute atomic E-state index is 0.387. The third-order valence-corrected chi connectivity index (χ3v) is 4.71. The zero-order valence-electron chi connectivity index (χ0n) is 10.8. The molecule has 0 aliphatic heterocycles. The second-order valence-electron chi connectivity index (χ2n) is 5.88. The lowest BCUT2D eigenvalue weighted by molar-refractivity contribution is -0.119. The fourth-order valence-electron chi connectivity index (χ4n) is 3.60. The quantitative estimate of drug-likeness (QED) is 0.661. The molecule has 0 N–H and O–H groups in total. The van der Waals surface area contributed by atoms with E-state index in [1.54, 1.807) is 5.57 Å². The van der Waals surface area contributed by atoms with Gasteiger partial charge in [0.15, 0.2) is 0 Å². The maximum absolute atomic E-state index is 11.5. The smallest absolute Gasteiger partial charge is 0.137 e. The molecule has 2 heteroatoms. The van der Waals surface area contributed by atoms with Crippen molar-refractivity contribution >= 4 is 11.6 Å². The van der Waals surface area contributed by atoms with Crippen LogP contribution in [0.25, 0.3) is 0 Å². The van der Waals surface area contributed by atoms with Gasteiger partial charge in [-0.1, -0.05) is 22.8 Å². The largest absolute Gasteiger partial charge is 0.299 e. The van der Waals surface area contributed by atoms with Crippen LogP contribution in [0.1, 0.15) is 57.8 Å². The topological polar surface area (TPSA) is 34.1 Å². The van der Waals surface area contributed by atoms with Crippen molar-refractivity contribution in [2.24, 2.45) is 5.92 Å². The van der Waals surface area contributed by atoms with E-state index >= 15 is 0 Å². The summed E-state index contributed by atoms with van der Waals surface area (Å²) >= 11 is 0. The molecule has 2 nitrogen and oxygen atoms in total. The maximum Gasteiger partial charge on any atom is 0.137 e. The first kappa shape index (κ1) is 11.9. The minimum Gasteiger partial charge on any atom is -0.299 e. The molecule has 0 aromatic heterocycles. The summed E-state index contributed by atoms with van der Waals surface area (Å²) in [7, 11) is 0. The van der Waals surface area contributed by atoms with Gasteiger partial charge in [0.05, 0.1) is 0 Å². The molecule has 1 unspecified atom stereocenters. The Balaban J connectivity index is 1.72. The molecule has 0 amide bonds. The van der Waals surface area contributed by atoms with E-state index in [2.05, 4.69) is 6.08 Å². The summed E-state index contributed by atoms with van der Waals surface area (Å²) in [6.07, 6.45) is 10.5. The van der Waals surface area contributed by atoms with Crippen molar-refractivity contribution in [2.45, 2.75) is 57.8 Å². The Kier molecular flexibility index (Phi) is 3.19. The highest BCUT2D eigenvalue weighted by Crippen LogP contribution is 2.41. The molecule has 96 valence electrons. The van der Waals surface area contributed by atoms with E-state index in [0.717, 1.165) is 44.9 Å². The summed E-state index contributed by atoms with van der Waals surface area (Å²) in [5.74, 6) is 1.47. The molecular weight excluding hydrogens is 224 g/mol. The van der Waals surface area contributed by atoms with Crippen molar-refractivity contribution < 1.29 is 9.59 Å². The summed E-state index contributed by atoms with van der Waals surface area (Å²) < 4.78 is 0. The van der Waals surface area contributed by atoms with E-state index in [1.165, 1.54) is 17.6 Å². The van der Waals surface area contributed by atoms with Gasteiger partial charge in [0.25, 0.3) is 0 Å². The number of hydrogen-bond donors (Lipinski definition) is 0. The molecule has 0 aromatic carbocycles. The highest BCUT2D eigenvalue weighted by Gasteiger charge is 2.28. The monoisotopic (exact) mass is 244 g/mol. The van der Waals surface area contributed by atoms with Crippen molar-refractivity contribution in [3.05, 3.63) is 22.8 Å². The lowest BCUT2D eigenvalue weighted by atomic mass is 9.73. The van der Waals surface area contributed by atoms with Gasteiger partial charge in [-0.3, -0.25) is 9.59 Å². The number of allylic oxidation sites excluding steroid dienone is 4. The zero-order valence-corrected chi connectivity index (χ0v) is 10.8. The zero-order chi connectivity index (χ0) is 12.5. The van der Waals surface area contributed by atoms with Gasteiger partial charge in [-0.25, -0.2) is 0 Å². The molecule has 0 saturated carbocycles. The van der Waals surface area contributed by atoms with E-state index in [4.69, 9.17) is 0 Å². The molecule has 0 saturated heterocycles. The fourth-order valence-corrected chi connectivity index (χ4v) is 3.60. The van der Waals surface area contributed by atoms with Crippen LogP contribution in [0.15, 0.2) is 22.8 Å². The molecule has 0 bridgehead atoms. The first-order valence-corrected chi connectivity index (χ1v) is 7.14. The van der Waals surface area contributed by atoms with Crippen LogP contribution < -0.4 is 0 Å². The van der Waals surface area contributed by atoms with Crippen molar-refractivity contribution in [3.8, 4) is 0 Å². The third kappa shape index (κ3) is 2.33. The molecule has 3 rings (SSSR count). The standard InChI is InChI=1S/C16H20O2/c17-15-6-3-11(4-7-15)12-1-2-14-10-16(18)8-5-13(14)9-12/h3,12H,1-2,4-10H2. The first-order chi connectivity index (χ1) is 8.72. The van der Waals surface area contributed by atoms with Gasteiger partial charge in [0, 0.05) is 25.7 Å². The second-order valence-corrected chi connectivity index (χ2v) is 5.88. The van der Waals surface area contributed by atoms with Crippen LogP contribution in [0.4, 0.5) is 0 Å². The van der Waals surface area contributed by atoms with Crippen LogP contribution in [-0.4, -0.2) is 11.6 Å². The second kappa shape index (κ2) is 4.83. The molecule has 3 aliphatic rings. The minimum atomic E-state index is 0.387. The number of rotatable bonds is 1. The van der Waals surface area contributed by atoms with E-state index in [1.807, 2.05) is 0 Å². The summed E-state index contributed by atoms with van der Waals surface area (Å²) in [6.45, 7) is 0. The van der Waals surface area contributed by atoms with Crippen LogP contribution in [0, 0.1) is 5.92 Å². The Bertz CT molecular complexity index is 454. The van der Waals surface area contributed by atoms with Gasteiger partial charge in [-0.2, -0.15) is 0 Å². The number of carbonyl (C=O) groups is 2. The Morgan fingerprint density at radius 1 is 0.889 bits per heavy atom. The lowest BCUT2D eigenvalue weighted by Gasteiger charge is -2.32. The average Bonchev–Trinajstić information content (AvgIpc) is 2.39. The molecule has 0 fully saturated rings. The summed E-state index contributed by atoms with van der Waals surface area (Å²) in [6, 6.07) is 0. The first-order valence-electron chi connectivity index (χ1n) is 7.14. The Morgan fingerprint density at radius 3 is 2.50 bits per heavy atom. The average molecular weight is 244 g/mol. The number of carbonyl (C=O) groups excluding carboxylic acids is 2. The number of Topliss-reactive ketones (excluding diaryl/α,β-unsaturated/α-hetero) is 2. The van der Waals surface area contributed by atoms with Crippen LogP contribution in [0.2, 0.25) is 0 Å². The number of hydrogen-bond acceptors (Lipinski definition) is 2. The lowest BCUT2D eigenvalue weighted by Crippen LogP contribution is -2.20. The van der Waals surface area contributed by atoms with Gasteiger partial charge in [-0.05, 0) is 38.0 Å². The van der Waals surface area contributed by atoms with Crippen molar-refractivity contribution in [1.82, 2.24) is 0 Å². The molecule has 0 heterocycles. The van der Waals surface area contributed by atoms with E-state index in [0.29, 0.717) is 23.9 Å². The van der Waals surface area contributed by atoms with Crippen LogP contribution in [-0.2, 0) is 9.59 Å². The van der Waals surface area contributed by atoms with Gasteiger partial charge in [0.2, 0.25) is 0 Å². The van der Waals surface area contributed by atoms with Gasteiger partial charge in [0.1, 0.15) is 11.6 Å². The van der Waals surface area contributed by atoms with Gasteiger partial charge < -0.3 is 0 Å². The van der Waals surface area contributed by atoms with Gasteiger partial charge >= 0.3 is 0 Å². The molecule has 0 spiro atoms. The SMILES string of the molecule is O=C1CC=C(C2CCC3=C(CCC(=O)C3)C2)CC1. The molecule has 0 aromatic rings. The van der Waals surface area contributed by atoms with E-state index in [9.17, 15) is 9.59 Å². The van der Waals surface area contributed by atoms with E-state index in [-0.39, 0.29) is 0 Å². The summed E-state index contributed by atoms with van der Waals surface area (Å²) in [4.78, 5) is 22.7. The molecular formula is C16H20O2. The van der Waals surface area contributed by atoms with Gasteiger partial charge in [-0.15, -0.1) is 0 Å². The normalized spacial score (nSPS) is 29.1. The highest BCUT2D eigenvalue weighted by atomic mass is 16.1. The molecule has 3 aliphatic carbocycles. The maximum atomic E-state index is 11.5. The van der Waals surface area contributed by atoms with Crippen molar-refractivity contribution in [2.75, 3.05) is 0 Å². The van der Waals surface area contributed by atoms with Crippen LogP contribution in [0.5, 0.6) is 0 Å². The van der Waals surface area contributed by atoms with Crippen LogP contribution >= 0.6 is 0 Å². The summed E-state index contributed by atoms with van der Waals surface area (Å²) in [5.41, 5.74) is 4.51. The Hall–Kier alpha value is -1.18. The van der Waals surface area contributed by atoms with E-state index < -0.39 is 0 Å². The molecule has 1 atom stereocenters. The summed E-state index contributed by atoms with van der Waals surface area (Å²) in [5, 5.41) is 0. The highest BCUT2D eigenvalue weighted by molar-refractivity contribution is 5.83. The number of ketones is 2. The predicted octanol–water partition coefficient (Wildman–Crippen LogP) is 3.52. The Morgan fingerprint density at radius 2 is 1.72 bits per heavy atom. The Labute approximate surface area is 108 Å². The molecule has 0 radical (unpaired) electrons. The van der Waals surface area contributed by atoms with Crippen molar-refractivity contribution in [3.63, 3.8) is 0 Å². The predicted molar refractivity (Wildman–Crippen MR) is 70.2 cm³/mol.